The molecule has 21 heavy (non-hydrogen) atoms. The first-order chi connectivity index (χ1) is 10.1. The van der Waals surface area contributed by atoms with E-state index in [1.807, 2.05) is 22.9 Å². The van der Waals surface area contributed by atoms with Gasteiger partial charge in [-0.15, -0.1) is 0 Å². The molecular weight excluding hydrogens is 332 g/mol. The van der Waals surface area contributed by atoms with Crippen LogP contribution in [0.4, 0.5) is 0 Å². The van der Waals surface area contributed by atoms with Crippen molar-refractivity contribution in [1.82, 2.24) is 14.8 Å². The summed E-state index contributed by atoms with van der Waals surface area (Å²) in [6.07, 6.45) is 2.36. The number of benzene rings is 1. The molecular formula is C15H21BrN4O. The number of rotatable bonds is 7. The first kappa shape index (κ1) is 16.0. The second kappa shape index (κ2) is 7.56. The van der Waals surface area contributed by atoms with Crippen LogP contribution in [-0.2, 0) is 19.6 Å². The van der Waals surface area contributed by atoms with E-state index < -0.39 is 0 Å². The van der Waals surface area contributed by atoms with Gasteiger partial charge in [0.1, 0.15) is 18.7 Å². The molecule has 0 bridgehead atoms. The number of aromatic nitrogens is 3. The van der Waals surface area contributed by atoms with Gasteiger partial charge in [0.05, 0.1) is 0 Å². The van der Waals surface area contributed by atoms with Crippen molar-refractivity contribution >= 4 is 15.9 Å². The van der Waals surface area contributed by atoms with Gasteiger partial charge in [-0.25, -0.2) is 9.67 Å². The van der Waals surface area contributed by atoms with Gasteiger partial charge in [0.15, 0.2) is 5.82 Å². The summed E-state index contributed by atoms with van der Waals surface area (Å²) in [5.41, 5.74) is 6.75. The summed E-state index contributed by atoms with van der Waals surface area (Å²) in [4.78, 5) is 4.27. The van der Waals surface area contributed by atoms with E-state index >= 15 is 0 Å². The molecule has 114 valence electrons. The molecule has 0 saturated carbocycles. The van der Waals surface area contributed by atoms with Crippen LogP contribution in [0, 0.1) is 5.92 Å². The maximum atomic E-state index is 5.91. The zero-order valence-electron chi connectivity index (χ0n) is 12.4. The largest absolute Gasteiger partial charge is 0.485 e. The summed E-state index contributed by atoms with van der Waals surface area (Å²) in [5, 5.41) is 4.24. The van der Waals surface area contributed by atoms with Gasteiger partial charge in [-0.05, 0) is 42.6 Å². The lowest BCUT2D eigenvalue weighted by Gasteiger charge is -2.12. The second-order valence-electron chi connectivity index (χ2n) is 5.33. The fourth-order valence-electron chi connectivity index (χ4n) is 2.08. The molecule has 5 nitrogen and oxygen atoms in total. The number of halogens is 1. The lowest BCUT2D eigenvalue weighted by molar-refractivity contribution is 0.280. The van der Waals surface area contributed by atoms with Gasteiger partial charge >= 0.3 is 0 Å². The smallest absolute Gasteiger partial charge is 0.164 e. The Morgan fingerprint density at radius 1 is 1.38 bits per heavy atom. The summed E-state index contributed by atoms with van der Waals surface area (Å²) in [7, 11) is 0. The summed E-state index contributed by atoms with van der Waals surface area (Å²) in [5.74, 6) is 2.21. The summed E-state index contributed by atoms with van der Waals surface area (Å²) < 4.78 is 8.84. The first-order valence-corrected chi connectivity index (χ1v) is 7.87. The molecule has 0 aliphatic carbocycles. The molecule has 2 aromatic rings. The van der Waals surface area contributed by atoms with Crippen LogP contribution in [0.5, 0.6) is 5.75 Å². The van der Waals surface area contributed by atoms with Gasteiger partial charge < -0.3 is 10.5 Å². The van der Waals surface area contributed by atoms with Crippen LogP contribution in [0.1, 0.15) is 25.2 Å². The standard InChI is InChI=1S/C15H21BrN4O/c1-11(2)8-20-15(18-10-19-20)9-21-14-4-3-13(16)7-12(14)5-6-17/h3-4,7,10-11H,5-6,8-9,17H2,1-2H3. The summed E-state index contributed by atoms with van der Waals surface area (Å²) in [6.45, 7) is 6.15. The van der Waals surface area contributed by atoms with Crippen LogP contribution in [0.2, 0.25) is 0 Å². The van der Waals surface area contributed by atoms with Crippen LogP contribution in [0.3, 0.4) is 0 Å². The molecule has 6 heteroatoms. The maximum absolute atomic E-state index is 5.91. The average Bonchev–Trinajstić information content (AvgIpc) is 2.85. The Bertz CT molecular complexity index is 583. The third kappa shape index (κ3) is 4.54. The van der Waals surface area contributed by atoms with E-state index in [0.717, 1.165) is 34.6 Å². The molecule has 2 N–H and O–H groups in total. The van der Waals surface area contributed by atoms with Crippen molar-refractivity contribution < 1.29 is 4.74 Å². The third-order valence-corrected chi connectivity index (χ3v) is 3.52. The number of nitrogens with zero attached hydrogens (tertiary/aromatic N) is 3. The lowest BCUT2D eigenvalue weighted by Crippen LogP contribution is -2.13. The van der Waals surface area contributed by atoms with Crippen molar-refractivity contribution in [3.05, 3.63) is 40.4 Å². The molecule has 0 atom stereocenters. The Kier molecular flexibility index (Phi) is 5.76. The highest BCUT2D eigenvalue weighted by Crippen LogP contribution is 2.24. The van der Waals surface area contributed by atoms with E-state index in [1.165, 1.54) is 0 Å². The Morgan fingerprint density at radius 2 is 2.19 bits per heavy atom. The van der Waals surface area contributed by atoms with E-state index in [1.54, 1.807) is 6.33 Å². The van der Waals surface area contributed by atoms with Crippen LogP contribution in [-0.4, -0.2) is 21.3 Å². The van der Waals surface area contributed by atoms with Crippen LogP contribution >= 0.6 is 15.9 Å². The Morgan fingerprint density at radius 3 is 2.90 bits per heavy atom. The fourth-order valence-corrected chi connectivity index (χ4v) is 2.49. The van der Waals surface area contributed by atoms with Crippen LogP contribution in [0.25, 0.3) is 0 Å². The molecule has 0 spiro atoms. The van der Waals surface area contributed by atoms with Gasteiger partial charge in [0.2, 0.25) is 0 Å². The molecule has 0 aliphatic rings. The molecule has 0 fully saturated rings. The number of ether oxygens (including phenoxy) is 1. The zero-order valence-corrected chi connectivity index (χ0v) is 14.0. The molecule has 0 radical (unpaired) electrons. The fraction of sp³-hybridized carbons (Fsp3) is 0.467. The van der Waals surface area contributed by atoms with Crippen molar-refractivity contribution in [2.24, 2.45) is 11.7 Å². The third-order valence-electron chi connectivity index (χ3n) is 3.03. The number of hydrogen-bond donors (Lipinski definition) is 1. The minimum Gasteiger partial charge on any atom is -0.485 e. The van der Waals surface area contributed by atoms with E-state index in [4.69, 9.17) is 10.5 Å². The predicted octanol–water partition coefficient (Wildman–Crippen LogP) is 2.78. The van der Waals surface area contributed by atoms with Gasteiger partial charge in [0.25, 0.3) is 0 Å². The normalized spacial score (nSPS) is 11.1. The van der Waals surface area contributed by atoms with Crippen LogP contribution < -0.4 is 10.5 Å². The van der Waals surface area contributed by atoms with E-state index in [9.17, 15) is 0 Å². The molecule has 0 amide bonds. The highest BCUT2D eigenvalue weighted by Gasteiger charge is 2.09. The SMILES string of the molecule is CC(C)Cn1ncnc1COc1ccc(Br)cc1CCN. The average molecular weight is 353 g/mol. The van der Waals surface area contributed by atoms with Crippen molar-refractivity contribution in [2.75, 3.05) is 6.54 Å². The highest BCUT2D eigenvalue weighted by molar-refractivity contribution is 9.10. The van der Waals surface area contributed by atoms with E-state index in [0.29, 0.717) is 19.1 Å². The van der Waals surface area contributed by atoms with Crippen molar-refractivity contribution in [2.45, 2.75) is 33.4 Å². The molecule has 0 saturated heterocycles. The topological polar surface area (TPSA) is 66.0 Å². The molecule has 0 unspecified atom stereocenters. The molecule has 2 rings (SSSR count). The monoisotopic (exact) mass is 352 g/mol. The maximum Gasteiger partial charge on any atom is 0.164 e. The highest BCUT2D eigenvalue weighted by atomic mass is 79.9. The minimum absolute atomic E-state index is 0.409. The number of nitrogens with two attached hydrogens (primary N) is 1. The predicted molar refractivity (Wildman–Crippen MR) is 86.1 cm³/mol. The Balaban J connectivity index is 2.08. The Labute approximate surface area is 133 Å². The zero-order chi connectivity index (χ0) is 15.2. The van der Waals surface area contributed by atoms with Gasteiger partial charge in [-0.1, -0.05) is 29.8 Å². The summed E-state index contributed by atoms with van der Waals surface area (Å²) >= 11 is 3.47. The molecule has 1 aromatic heterocycles. The second-order valence-corrected chi connectivity index (χ2v) is 6.25. The number of hydrogen-bond acceptors (Lipinski definition) is 4. The van der Waals surface area contributed by atoms with Crippen molar-refractivity contribution in [1.29, 1.82) is 0 Å². The van der Waals surface area contributed by atoms with Crippen molar-refractivity contribution in [3.63, 3.8) is 0 Å². The first-order valence-electron chi connectivity index (χ1n) is 7.08. The van der Waals surface area contributed by atoms with Gasteiger partial charge in [-0.3, -0.25) is 0 Å². The molecule has 0 aliphatic heterocycles. The lowest BCUT2D eigenvalue weighted by atomic mass is 10.1. The van der Waals surface area contributed by atoms with Gasteiger partial charge in [-0.2, -0.15) is 5.10 Å². The van der Waals surface area contributed by atoms with E-state index in [2.05, 4.69) is 39.9 Å². The quantitative estimate of drug-likeness (QED) is 0.831. The van der Waals surface area contributed by atoms with Crippen molar-refractivity contribution in [3.8, 4) is 5.75 Å². The molecule has 1 aromatic carbocycles. The van der Waals surface area contributed by atoms with E-state index in [-0.39, 0.29) is 0 Å². The molecule has 1 heterocycles. The minimum atomic E-state index is 0.409. The van der Waals surface area contributed by atoms with Crippen LogP contribution in [0.15, 0.2) is 29.0 Å². The van der Waals surface area contributed by atoms with Gasteiger partial charge in [0, 0.05) is 11.0 Å². The summed E-state index contributed by atoms with van der Waals surface area (Å²) in [6, 6.07) is 5.97. The Hall–Kier alpha value is -1.40.